The third-order valence-electron chi connectivity index (χ3n) is 3.54. The van der Waals surface area contributed by atoms with Gasteiger partial charge in [0.1, 0.15) is 12.4 Å². The van der Waals surface area contributed by atoms with E-state index in [1.54, 1.807) is 30.3 Å². The van der Waals surface area contributed by atoms with Gasteiger partial charge in [0.15, 0.2) is 11.5 Å². The van der Waals surface area contributed by atoms with Gasteiger partial charge >= 0.3 is 0 Å². The minimum absolute atomic E-state index is 0.0686. The Kier molecular flexibility index (Phi) is 5.96. The molecule has 1 heterocycles. The van der Waals surface area contributed by atoms with Crippen molar-refractivity contribution in [1.29, 1.82) is 0 Å². The van der Waals surface area contributed by atoms with Crippen LogP contribution in [0, 0.1) is 5.82 Å². The van der Waals surface area contributed by atoms with E-state index in [0.717, 1.165) is 4.90 Å². The number of carbonyl (C=O) groups excluding carboxylic acids is 2. The lowest BCUT2D eigenvalue weighted by Gasteiger charge is -2.25. The first-order valence-electron chi connectivity index (χ1n) is 7.97. The number of halogens is 1. The second kappa shape index (κ2) is 8.57. The van der Waals surface area contributed by atoms with Crippen LogP contribution >= 0.6 is 11.8 Å². The first-order chi connectivity index (χ1) is 12.6. The molecule has 0 aromatic heterocycles. The molecule has 136 valence electrons. The predicted molar refractivity (Wildman–Crippen MR) is 94.4 cm³/mol. The summed E-state index contributed by atoms with van der Waals surface area (Å²) < 4.78 is 23.8. The van der Waals surface area contributed by atoms with Gasteiger partial charge in [-0.2, -0.15) is 0 Å². The molecular weight excluding hydrogens is 359 g/mol. The number of benzene rings is 2. The molecule has 6 nitrogen and oxygen atoms in total. The molecule has 3 rings (SSSR count). The zero-order valence-corrected chi connectivity index (χ0v) is 14.6. The van der Waals surface area contributed by atoms with Crippen LogP contribution in [0.15, 0.2) is 53.4 Å². The van der Waals surface area contributed by atoms with Crippen molar-refractivity contribution < 1.29 is 23.5 Å². The molecule has 2 N–H and O–H groups in total. The van der Waals surface area contributed by atoms with Crippen LogP contribution in [0.2, 0.25) is 0 Å². The summed E-state index contributed by atoms with van der Waals surface area (Å²) in [5.74, 6) is 0.457. The number of fused-ring (bicyclic) bond motifs is 1. The molecule has 8 heteroatoms. The number of nitrogens with one attached hydrogen (secondary N) is 2. The quantitative estimate of drug-likeness (QED) is 0.619. The maximum atomic E-state index is 12.8. The summed E-state index contributed by atoms with van der Waals surface area (Å²) in [6.07, 6.45) is -0.633. The molecule has 1 atom stereocenters. The molecule has 0 saturated heterocycles. The van der Waals surface area contributed by atoms with Gasteiger partial charge in [0, 0.05) is 17.1 Å². The number of para-hydroxylation sites is 2. The van der Waals surface area contributed by atoms with Crippen LogP contribution in [0.25, 0.3) is 0 Å². The van der Waals surface area contributed by atoms with Crippen LogP contribution in [0.5, 0.6) is 11.5 Å². The average molecular weight is 376 g/mol. The minimum atomic E-state index is -0.834. The highest BCUT2D eigenvalue weighted by atomic mass is 32.2. The summed E-state index contributed by atoms with van der Waals surface area (Å²) in [6, 6.07) is 13.1. The van der Waals surface area contributed by atoms with E-state index in [0.29, 0.717) is 17.3 Å². The lowest BCUT2D eigenvalue weighted by molar-refractivity contribution is -0.135. The lowest BCUT2D eigenvalue weighted by atomic mass is 10.2. The molecule has 26 heavy (non-hydrogen) atoms. The van der Waals surface area contributed by atoms with Crippen molar-refractivity contribution in [2.24, 2.45) is 0 Å². The second-order valence-corrected chi connectivity index (χ2v) is 6.62. The molecule has 0 radical (unpaired) electrons. The Morgan fingerprint density at radius 1 is 1.08 bits per heavy atom. The van der Waals surface area contributed by atoms with Gasteiger partial charge in [0.25, 0.3) is 5.91 Å². The molecule has 1 aliphatic heterocycles. The normalized spacial score (nSPS) is 15.2. The molecule has 0 fully saturated rings. The maximum absolute atomic E-state index is 12.8. The van der Waals surface area contributed by atoms with Gasteiger partial charge in [-0.3, -0.25) is 20.4 Å². The third kappa shape index (κ3) is 4.89. The smallest absolute Gasteiger partial charge is 0.283 e. The highest BCUT2D eigenvalue weighted by Gasteiger charge is 2.27. The fourth-order valence-electron chi connectivity index (χ4n) is 2.22. The number of hydrogen-bond acceptors (Lipinski definition) is 5. The van der Waals surface area contributed by atoms with Gasteiger partial charge < -0.3 is 9.47 Å². The molecule has 0 bridgehead atoms. The largest absolute Gasteiger partial charge is 0.485 e. The van der Waals surface area contributed by atoms with E-state index in [4.69, 9.17) is 9.47 Å². The van der Waals surface area contributed by atoms with E-state index in [2.05, 4.69) is 10.9 Å². The fourth-order valence-corrected chi connectivity index (χ4v) is 3.07. The van der Waals surface area contributed by atoms with Crippen molar-refractivity contribution in [3.05, 3.63) is 54.3 Å². The van der Waals surface area contributed by atoms with Crippen LogP contribution < -0.4 is 20.3 Å². The van der Waals surface area contributed by atoms with Crippen LogP contribution in [0.3, 0.4) is 0 Å². The highest BCUT2D eigenvalue weighted by Crippen LogP contribution is 2.30. The molecule has 1 unspecified atom stereocenters. The van der Waals surface area contributed by atoms with Crippen molar-refractivity contribution >= 4 is 23.6 Å². The van der Waals surface area contributed by atoms with Crippen molar-refractivity contribution in [3.8, 4) is 11.5 Å². The van der Waals surface area contributed by atoms with E-state index < -0.39 is 12.0 Å². The lowest BCUT2D eigenvalue weighted by Crippen LogP contribution is -2.50. The van der Waals surface area contributed by atoms with Gasteiger partial charge in [-0.25, -0.2) is 4.39 Å². The van der Waals surface area contributed by atoms with Crippen molar-refractivity contribution in [2.45, 2.75) is 17.4 Å². The number of hydrogen-bond donors (Lipinski definition) is 2. The first kappa shape index (κ1) is 18.1. The molecule has 2 aromatic carbocycles. The summed E-state index contributed by atoms with van der Waals surface area (Å²) >= 11 is 1.43. The Morgan fingerprint density at radius 2 is 1.81 bits per heavy atom. The van der Waals surface area contributed by atoms with Crippen LogP contribution in [0.4, 0.5) is 4.39 Å². The predicted octanol–water partition coefficient (Wildman–Crippen LogP) is 2.30. The molecule has 2 aromatic rings. The maximum Gasteiger partial charge on any atom is 0.283 e. The monoisotopic (exact) mass is 376 g/mol. The summed E-state index contributed by atoms with van der Waals surface area (Å²) in [6.45, 7) is 0.0686. The Morgan fingerprint density at radius 3 is 2.58 bits per heavy atom. The topological polar surface area (TPSA) is 76.7 Å². The molecule has 1 aliphatic rings. The zero-order valence-electron chi connectivity index (χ0n) is 13.7. The van der Waals surface area contributed by atoms with Gasteiger partial charge in [-0.1, -0.05) is 12.1 Å². The van der Waals surface area contributed by atoms with Crippen LogP contribution in [-0.2, 0) is 9.59 Å². The summed E-state index contributed by atoms with van der Waals surface area (Å²) in [4.78, 5) is 24.7. The zero-order chi connectivity index (χ0) is 18.4. The van der Waals surface area contributed by atoms with Gasteiger partial charge in [-0.05, 0) is 36.4 Å². The van der Waals surface area contributed by atoms with E-state index in [1.165, 1.54) is 23.9 Å². The average Bonchev–Trinajstić information content (AvgIpc) is 2.67. The minimum Gasteiger partial charge on any atom is -0.485 e. The Hall–Kier alpha value is -2.74. The first-order valence-corrected chi connectivity index (χ1v) is 8.96. The third-order valence-corrected chi connectivity index (χ3v) is 4.55. The molecular formula is C18H17FN2O4S. The van der Waals surface area contributed by atoms with Gasteiger partial charge in [0.2, 0.25) is 12.0 Å². The SMILES string of the molecule is O=C(CCSc1ccc(F)cc1)NNC(=O)C1COc2ccccc2O1. The number of ether oxygens (including phenoxy) is 2. The number of carbonyl (C=O) groups is 2. The van der Waals surface area contributed by atoms with E-state index >= 15 is 0 Å². The molecule has 0 saturated carbocycles. The van der Waals surface area contributed by atoms with Crippen molar-refractivity contribution in [2.75, 3.05) is 12.4 Å². The van der Waals surface area contributed by atoms with E-state index in [1.807, 2.05) is 6.07 Å². The number of hydrazine groups is 1. The Labute approximate surface area is 154 Å². The van der Waals surface area contributed by atoms with Crippen LogP contribution in [0.1, 0.15) is 6.42 Å². The number of thioether (sulfide) groups is 1. The van der Waals surface area contributed by atoms with E-state index in [-0.39, 0.29) is 24.8 Å². The van der Waals surface area contributed by atoms with E-state index in [9.17, 15) is 14.0 Å². The van der Waals surface area contributed by atoms with Crippen LogP contribution in [-0.4, -0.2) is 30.3 Å². The van der Waals surface area contributed by atoms with Gasteiger partial charge in [-0.15, -0.1) is 11.8 Å². The second-order valence-electron chi connectivity index (χ2n) is 5.45. The van der Waals surface area contributed by atoms with Crippen molar-refractivity contribution in [1.82, 2.24) is 10.9 Å². The molecule has 2 amide bonds. The fraction of sp³-hybridized carbons (Fsp3) is 0.222. The molecule has 0 spiro atoms. The summed E-state index contributed by atoms with van der Waals surface area (Å²) in [7, 11) is 0. The Balaban J connectivity index is 1.37. The number of rotatable bonds is 5. The standard InChI is InChI=1S/C18H17FN2O4S/c19-12-5-7-13(8-6-12)26-10-9-17(22)20-21-18(23)16-11-24-14-3-1-2-4-15(14)25-16/h1-8,16H,9-11H2,(H,20,22)(H,21,23). The number of amides is 2. The summed E-state index contributed by atoms with van der Waals surface area (Å²) in [5, 5.41) is 0. The van der Waals surface area contributed by atoms with Crippen molar-refractivity contribution in [3.63, 3.8) is 0 Å². The molecule has 0 aliphatic carbocycles. The Bertz CT molecular complexity index is 785. The van der Waals surface area contributed by atoms with Gasteiger partial charge in [0.05, 0.1) is 0 Å². The summed E-state index contributed by atoms with van der Waals surface area (Å²) in [5.41, 5.74) is 4.69. The highest BCUT2D eigenvalue weighted by molar-refractivity contribution is 7.99.